The summed E-state index contributed by atoms with van der Waals surface area (Å²) in [6, 6.07) is 7.90. The third-order valence-corrected chi connectivity index (χ3v) is 11.0. The van der Waals surface area contributed by atoms with Crippen LogP contribution in [0.3, 0.4) is 0 Å². The van der Waals surface area contributed by atoms with Crippen LogP contribution in [0.25, 0.3) is 17.4 Å². The lowest BCUT2D eigenvalue weighted by molar-refractivity contribution is -0.130. The first kappa shape index (κ1) is 28.6. The minimum Gasteiger partial charge on any atom is -0.497 e. The Labute approximate surface area is 260 Å². The van der Waals surface area contributed by atoms with Crippen LogP contribution >= 0.6 is 24.0 Å². The number of aryl methyl sites for hydroxylation is 2. The molecule has 4 aliphatic carbocycles. The number of rotatable bonds is 10. The number of hydrogen-bond acceptors (Lipinski definition) is 9. The summed E-state index contributed by atoms with van der Waals surface area (Å²) < 4.78 is 19.8. The average Bonchev–Trinajstić information content (AvgIpc) is 3.71. The van der Waals surface area contributed by atoms with E-state index in [0.717, 1.165) is 29.4 Å². The first-order valence-electron chi connectivity index (χ1n) is 15.1. The second kappa shape index (κ2) is 11.7. The number of carbonyl (C=O) groups excluding carboxylic acids is 1. The molecule has 1 N–H and O–H groups in total. The highest BCUT2D eigenvalue weighted by atomic mass is 32.2. The summed E-state index contributed by atoms with van der Waals surface area (Å²) in [6.07, 6.45) is 11.4. The van der Waals surface area contributed by atoms with Gasteiger partial charge in [-0.25, -0.2) is 0 Å². The molecule has 4 bridgehead atoms. The van der Waals surface area contributed by atoms with Gasteiger partial charge in [0.25, 0.3) is 5.91 Å². The molecule has 11 heteroatoms. The van der Waals surface area contributed by atoms with Gasteiger partial charge in [-0.2, -0.15) is 0 Å². The van der Waals surface area contributed by atoms with Gasteiger partial charge in [-0.05, 0) is 92.4 Å². The summed E-state index contributed by atoms with van der Waals surface area (Å²) in [6.45, 7) is 0.495. The van der Waals surface area contributed by atoms with Gasteiger partial charge in [-0.15, -0.1) is 5.10 Å². The van der Waals surface area contributed by atoms with E-state index in [2.05, 4.69) is 10.3 Å². The van der Waals surface area contributed by atoms with Gasteiger partial charge in [0.1, 0.15) is 33.0 Å². The lowest BCUT2D eigenvalue weighted by atomic mass is 9.54. The number of amides is 1. The highest BCUT2D eigenvalue weighted by Gasteiger charge is 2.53. The van der Waals surface area contributed by atoms with Crippen LogP contribution in [-0.4, -0.2) is 55.5 Å². The van der Waals surface area contributed by atoms with E-state index in [4.69, 9.17) is 26.1 Å². The lowest BCUT2D eigenvalue weighted by Crippen LogP contribution is -2.57. The normalized spacial score (nSPS) is 27.1. The van der Waals surface area contributed by atoms with E-state index in [-0.39, 0.29) is 18.6 Å². The quantitative estimate of drug-likeness (QED) is 0.226. The van der Waals surface area contributed by atoms with Gasteiger partial charge in [-0.1, -0.05) is 29.2 Å². The van der Waals surface area contributed by atoms with Crippen molar-refractivity contribution >= 4 is 40.3 Å². The summed E-state index contributed by atoms with van der Waals surface area (Å²) in [5.41, 5.74) is 2.35. The van der Waals surface area contributed by atoms with Crippen LogP contribution in [-0.2, 0) is 24.4 Å². The van der Waals surface area contributed by atoms with Gasteiger partial charge in [-0.3, -0.25) is 14.4 Å². The Kier molecular flexibility index (Phi) is 7.81. The van der Waals surface area contributed by atoms with E-state index in [1.165, 1.54) is 43.9 Å². The summed E-state index contributed by atoms with van der Waals surface area (Å²) in [5, 5.41) is 17.4. The summed E-state index contributed by atoms with van der Waals surface area (Å²) >= 11 is 7.25. The standard InChI is InChI=1S/C32H36N4O5S2/c1-39-25-11-21(12-26(14-25)40-2)27-13-20(4-3-5-35-16-24(17-37)33-34-35)28(41-27)15-29-31(38)36(32(42)43-29)30-22-7-18-6-19(9-22)10-23(30)8-18/h11-16,18-19,22-23,30,37H,3-10,17H2,1-2H3. The highest BCUT2D eigenvalue weighted by molar-refractivity contribution is 8.26. The molecule has 43 heavy (non-hydrogen) atoms. The number of aromatic nitrogens is 3. The molecule has 1 amide bonds. The molecule has 1 saturated heterocycles. The molecule has 1 aliphatic heterocycles. The molecule has 5 fully saturated rings. The predicted molar refractivity (Wildman–Crippen MR) is 167 cm³/mol. The molecule has 8 rings (SSSR count). The van der Waals surface area contributed by atoms with Crippen LogP contribution in [0.15, 0.2) is 39.8 Å². The van der Waals surface area contributed by atoms with Crippen molar-refractivity contribution in [2.24, 2.45) is 23.7 Å². The molecule has 3 heterocycles. The van der Waals surface area contributed by atoms with Crippen molar-refractivity contribution in [1.82, 2.24) is 19.9 Å². The third kappa shape index (κ3) is 5.51. The van der Waals surface area contributed by atoms with Crippen LogP contribution < -0.4 is 9.47 Å². The first-order chi connectivity index (χ1) is 20.9. The molecule has 0 unspecified atom stereocenters. The van der Waals surface area contributed by atoms with Crippen LogP contribution in [0.1, 0.15) is 55.5 Å². The van der Waals surface area contributed by atoms with E-state index < -0.39 is 0 Å². The van der Waals surface area contributed by atoms with E-state index in [0.29, 0.717) is 62.7 Å². The largest absolute Gasteiger partial charge is 0.497 e. The number of thioether (sulfide) groups is 1. The number of nitrogens with zero attached hydrogens (tertiary/aromatic N) is 4. The monoisotopic (exact) mass is 620 g/mol. The molecule has 0 radical (unpaired) electrons. The van der Waals surface area contributed by atoms with Crippen molar-refractivity contribution in [3.05, 3.63) is 52.4 Å². The number of furan rings is 1. The molecule has 226 valence electrons. The van der Waals surface area contributed by atoms with Crippen molar-refractivity contribution in [3.63, 3.8) is 0 Å². The maximum Gasteiger partial charge on any atom is 0.266 e. The number of hydrogen-bond donors (Lipinski definition) is 1. The number of ether oxygens (including phenoxy) is 2. The Balaban J connectivity index is 1.18. The third-order valence-electron chi connectivity index (χ3n) is 9.62. The van der Waals surface area contributed by atoms with Crippen molar-refractivity contribution in [2.45, 2.75) is 64.1 Å². The van der Waals surface area contributed by atoms with Gasteiger partial charge in [0, 0.05) is 30.3 Å². The first-order valence-corrected chi connectivity index (χ1v) is 16.3. The van der Waals surface area contributed by atoms with Gasteiger partial charge < -0.3 is 19.0 Å². The predicted octanol–water partition coefficient (Wildman–Crippen LogP) is 5.71. The fraction of sp³-hybridized carbons (Fsp3) is 0.500. The van der Waals surface area contributed by atoms with Crippen molar-refractivity contribution in [2.75, 3.05) is 14.2 Å². The summed E-state index contributed by atoms with van der Waals surface area (Å²) in [4.78, 5) is 16.5. The Morgan fingerprint density at radius 3 is 2.40 bits per heavy atom. The van der Waals surface area contributed by atoms with Crippen LogP contribution in [0.5, 0.6) is 11.5 Å². The number of thiocarbonyl (C=S) groups is 1. The molecular formula is C32H36N4O5S2. The zero-order valence-corrected chi connectivity index (χ0v) is 26.0. The van der Waals surface area contributed by atoms with Gasteiger partial charge in [0.2, 0.25) is 0 Å². The summed E-state index contributed by atoms with van der Waals surface area (Å²) in [5.74, 6) is 5.45. The molecule has 1 aromatic carbocycles. The molecule has 4 saturated carbocycles. The fourth-order valence-electron chi connectivity index (χ4n) is 7.98. The van der Waals surface area contributed by atoms with Crippen LogP contribution in [0, 0.1) is 23.7 Å². The summed E-state index contributed by atoms with van der Waals surface area (Å²) in [7, 11) is 3.24. The number of aliphatic hydroxyl groups excluding tert-OH is 1. The SMILES string of the molecule is COc1cc(OC)cc(-c2cc(CCCn3cc(CO)nn3)c(C=C3SC(=S)N(C4C5CC6CC(C5)CC4C6)C3=O)o2)c1. The van der Waals surface area contributed by atoms with Crippen molar-refractivity contribution < 1.29 is 23.8 Å². The minimum absolute atomic E-state index is 0.0126. The maximum absolute atomic E-state index is 14.0. The average molecular weight is 621 g/mol. The smallest absolute Gasteiger partial charge is 0.266 e. The minimum atomic E-state index is -0.138. The number of benzene rings is 1. The Hall–Kier alpha value is -3.15. The van der Waals surface area contributed by atoms with E-state index in [1.54, 1.807) is 25.1 Å². The highest BCUT2D eigenvalue weighted by Crippen LogP contribution is 2.56. The van der Waals surface area contributed by atoms with Crippen molar-refractivity contribution in [1.29, 1.82) is 0 Å². The van der Waals surface area contributed by atoms with E-state index >= 15 is 0 Å². The van der Waals surface area contributed by atoms with Gasteiger partial charge >= 0.3 is 0 Å². The zero-order valence-electron chi connectivity index (χ0n) is 24.4. The molecule has 9 nitrogen and oxygen atoms in total. The molecule has 2 aromatic heterocycles. The molecule has 5 aliphatic rings. The van der Waals surface area contributed by atoms with Crippen LogP contribution in [0.4, 0.5) is 0 Å². The second-order valence-electron chi connectivity index (χ2n) is 12.3. The Morgan fingerprint density at radius 2 is 1.77 bits per heavy atom. The molecule has 3 aromatic rings. The number of aliphatic hydroxyl groups is 1. The van der Waals surface area contributed by atoms with E-state index in [1.807, 2.05) is 35.2 Å². The van der Waals surface area contributed by atoms with Crippen LogP contribution in [0.2, 0.25) is 0 Å². The zero-order chi connectivity index (χ0) is 29.7. The van der Waals surface area contributed by atoms with E-state index in [9.17, 15) is 9.90 Å². The Morgan fingerprint density at radius 1 is 1.07 bits per heavy atom. The Bertz CT molecular complexity index is 1530. The maximum atomic E-state index is 14.0. The number of carbonyl (C=O) groups is 1. The number of methoxy groups -OCH3 is 2. The van der Waals surface area contributed by atoms with Crippen molar-refractivity contribution in [3.8, 4) is 22.8 Å². The second-order valence-corrected chi connectivity index (χ2v) is 14.0. The fourth-order valence-corrected chi connectivity index (χ4v) is 9.29. The lowest BCUT2D eigenvalue weighted by Gasteiger charge is -2.56. The molecule has 0 spiro atoms. The molecule has 0 atom stereocenters. The molecular weight excluding hydrogens is 585 g/mol. The van der Waals surface area contributed by atoms with Gasteiger partial charge in [0.05, 0.1) is 31.9 Å². The van der Waals surface area contributed by atoms with Gasteiger partial charge in [0.15, 0.2) is 0 Å². The topological polar surface area (TPSA) is 103 Å².